The quantitative estimate of drug-likeness (QED) is 0.562. The fraction of sp³-hybridized carbons (Fsp3) is 0.714. The van der Waals surface area contributed by atoms with Gasteiger partial charge in [0.2, 0.25) is 5.91 Å². The van der Waals surface area contributed by atoms with Crippen LogP contribution in [0.15, 0.2) is 12.3 Å². The summed E-state index contributed by atoms with van der Waals surface area (Å²) in [5, 5.41) is 0. The molecule has 1 saturated heterocycles. The highest BCUT2D eigenvalue weighted by atomic mass is 16.5. The molecule has 5 nitrogen and oxygen atoms in total. The summed E-state index contributed by atoms with van der Waals surface area (Å²) in [6, 6.07) is -0.407. The zero-order valence-electron chi connectivity index (χ0n) is 11.7. The van der Waals surface area contributed by atoms with Crippen molar-refractivity contribution in [2.45, 2.75) is 51.5 Å². The SMILES string of the molecule is C=C(N)CCC(=O)N1CCCC1C(=O)OCCCC. The number of likely N-dealkylation sites (tertiary alicyclic amines) is 1. The van der Waals surface area contributed by atoms with Gasteiger partial charge in [-0.2, -0.15) is 0 Å². The van der Waals surface area contributed by atoms with Crippen LogP contribution in [-0.4, -0.2) is 36.0 Å². The van der Waals surface area contributed by atoms with Crippen molar-refractivity contribution in [3.63, 3.8) is 0 Å². The second-order valence-electron chi connectivity index (χ2n) is 4.92. The van der Waals surface area contributed by atoms with Gasteiger partial charge in [0.25, 0.3) is 0 Å². The van der Waals surface area contributed by atoms with Gasteiger partial charge in [-0.25, -0.2) is 4.79 Å². The van der Waals surface area contributed by atoms with Gasteiger partial charge in [-0.15, -0.1) is 0 Å². The van der Waals surface area contributed by atoms with Crippen LogP contribution in [0.4, 0.5) is 0 Å². The van der Waals surface area contributed by atoms with Crippen LogP contribution in [0.1, 0.15) is 45.4 Å². The van der Waals surface area contributed by atoms with E-state index in [0.29, 0.717) is 38.1 Å². The molecule has 1 aliphatic rings. The molecule has 1 heterocycles. The average molecular weight is 268 g/mol. The number of hydrogen-bond acceptors (Lipinski definition) is 4. The van der Waals surface area contributed by atoms with E-state index in [1.165, 1.54) is 0 Å². The van der Waals surface area contributed by atoms with Crippen LogP contribution in [-0.2, 0) is 14.3 Å². The van der Waals surface area contributed by atoms with Crippen molar-refractivity contribution in [2.24, 2.45) is 5.73 Å². The molecule has 0 saturated carbocycles. The van der Waals surface area contributed by atoms with E-state index in [4.69, 9.17) is 10.5 Å². The summed E-state index contributed by atoms with van der Waals surface area (Å²) in [6.07, 6.45) is 4.17. The van der Waals surface area contributed by atoms with Gasteiger partial charge in [-0.1, -0.05) is 19.9 Å². The van der Waals surface area contributed by atoms with Crippen LogP contribution in [0.25, 0.3) is 0 Å². The third-order valence-corrected chi connectivity index (χ3v) is 3.25. The molecular weight excluding hydrogens is 244 g/mol. The topological polar surface area (TPSA) is 72.6 Å². The molecule has 2 N–H and O–H groups in total. The Kier molecular flexibility index (Phi) is 6.39. The average Bonchev–Trinajstić information content (AvgIpc) is 2.85. The van der Waals surface area contributed by atoms with Crippen molar-refractivity contribution < 1.29 is 14.3 Å². The van der Waals surface area contributed by atoms with Crippen LogP contribution in [0.3, 0.4) is 0 Å². The van der Waals surface area contributed by atoms with Gasteiger partial charge in [0.1, 0.15) is 6.04 Å². The number of allylic oxidation sites excluding steroid dienone is 1. The molecule has 1 unspecified atom stereocenters. The monoisotopic (exact) mass is 268 g/mol. The lowest BCUT2D eigenvalue weighted by atomic mass is 10.2. The number of ether oxygens (including phenoxy) is 1. The number of hydrogen-bond donors (Lipinski definition) is 1. The molecule has 1 atom stereocenters. The fourth-order valence-electron chi connectivity index (χ4n) is 2.13. The summed E-state index contributed by atoms with van der Waals surface area (Å²) in [4.78, 5) is 25.6. The lowest BCUT2D eigenvalue weighted by Crippen LogP contribution is -2.41. The summed E-state index contributed by atoms with van der Waals surface area (Å²) in [6.45, 7) is 6.68. The Morgan fingerprint density at radius 1 is 1.42 bits per heavy atom. The molecule has 1 fully saturated rings. The van der Waals surface area contributed by atoms with Crippen molar-refractivity contribution in [3.8, 4) is 0 Å². The van der Waals surface area contributed by atoms with Gasteiger partial charge >= 0.3 is 5.97 Å². The highest BCUT2D eigenvalue weighted by Gasteiger charge is 2.34. The summed E-state index contributed by atoms with van der Waals surface area (Å²) < 4.78 is 5.20. The Morgan fingerprint density at radius 3 is 2.79 bits per heavy atom. The first kappa shape index (κ1) is 15.5. The van der Waals surface area contributed by atoms with Crippen molar-refractivity contribution in [1.29, 1.82) is 0 Å². The van der Waals surface area contributed by atoms with Gasteiger partial charge < -0.3 is 15.4 Å². The minimum Gasteiger partial charge on any atom is -0.464 e. The van der Waals surface area contributed by atoms with E-state index in [9.17, 15) is 9.59 Å². The zero-order valence-corrected chi connectivity index (χ0v) is 11.7. The van der Waals surface area contributed by atoms with Gasteiger partial charge in [-0.3, -0.25) is 4.79 Å². The third kappa shape index (κ3) is 4.93. The number of amides is 1. The smallest absolute Gasteiger partial charge is 0.328 e. The normalized spacial score (nSPS) is 18.4. The van der Waals surface area contributed by atoms with Crippen molar-refractivity contribution >= 4 is 11.9 Å². The highest BCUT2D eigenvalue weighted by molar-refractivity contribution is 5.85. The fourth-order valence-corrected chi connectivity index (χ4v) is 2.13. The molecule has 0 aromatic heterocycles. The predicted octanol–water partition coefficient (Wildman–Crippen LogP) is 1.57. The minimum atomic E-state index is -0.407. The van der Waals surface area contributed by atoms with Gasteiger partial charge in [0.05, 0.1) is 6.61 Å². The maximum Gasteiger partial charge on any atom is 0.328 e. The van der Waals surface area contributed by atoms with Gasteiger partial charge in [0, 0.05) is 18.7 Å². The first-order valence-electron chi connectivity index (χ1n) is 6.95. The zero-order chi connectivity index (χ0) is 14.3. The maximum absolute atomic E-state index is 12.0. The lowest BCUT2D eigenvalue weighted by Gasteiger charge is -2.23. The molecule has 0 aromatic carbocycles. The number of carbonyl (C=O) groups excluding carboxylic acids is 2. The summed E-state index contributed by atoms with van der Waals surface area (Å²) in [7, 11) is 0. The van der Waals surface area contributed by atoms with Gasteiger partial charge in [-0.05, 0) is 25.7 Å². The Bertz CT molecular complexity index is 342. The van der Waals surface area contributed by atoms with E-state index in [1.807, 2.05) is 6.92 Å². The van der Waals surface area contributed by atoms with Crippen molar-refractivity contribution in [3.05, 3.63) is 12.3 Å². The number of nitrogens with two attached hydrogens (primary N) is 1. The minimum absolute atomic E-state index is 0.0402. The van der Waals surface area contributed by atoms with E-state index in [0.717, 1.165) is 19.3 Å². The first-order valence-corrected chi connectivity index (χ1v) is 6.95. The van der Waals surface area contributed by atoms with E-state index in [-0.39, 0.29) is 11.9 Å². The molecule has 0 aliphatic carbocycles. The standard InChI is InChI=1S/C14H24N2O3/c1-3-4-10-19-14(18)12-6-5-9-16(12)13(17)8-7-11(2)15/h12H,2-10,15H2,1H3. The van der Waals surface area contributed by atoms with Gasteiger partial charge in [0.15, 0.2) is 0 Å². The largest absolute Gasteiger partial charge is 0.464 e. The summed E-state index contributed by atoms with van der Waals surface area (Å²) in [5.74, 6) is -0.313. The van der Waals surface area contributed by atoms with E-state index in [2.05, 4.69) is 6.58 Å². The second kappa shape index (κ2) is 7.81. The maximum atomic E-state index is 12.0. The molecule has 0 bridgehead atoms. The predicted molar refractivity (Wildman–Crippen MR) is 73.2 cm³/mol. The summed E-state index contributed by atoms with van der Waals surface area (Å²) in [5.41, 5.74) is 5.95. The molecule has 0 radical (unpaired) electrons. The number of carbonyl (C=O) groups is 2. The molecule has 108 valence electrons. The van der Waals surface area contributed by atoms with E-state index < -0.39 is 6.04 Å². The second-order valence-corrected chi connectivity index (χ2v) is 4.92. The van der Waals surface area contributed by atoms with Crippen LogP contribution in [0.5, 0.6) is 0 Å². The number of unbranched alkanes of at least 4 members (excludes halogenated alkanes) is 1. The third-order valence-electron chi connectivity index (χ3n) is 3.25. The number of nitrogens with zero attached hydrogens (tertiary/aromatic N) is 1. The number of esters is 1. The molecule has 5 heteroatoms. The van der Waals surface area contributed by atoms with Crippen LogP contribution < -0.4 is 5.73 Å². The Morgan fingerprint density at radius 2 is 2.16 bits per heavy atom. The molecule has 1 aliphatic heterocycles. The van der Waals surface area contributed by atoms with E-state index in [1.54, 1.807) is 4.90 Å². The Labute approximate surface area is 114 Å². The van der Waals surface area contributed by atoms with Crippen LogP contribution in [0.2, 0.25) is 0 Å². The lowest BCUT2D eigenvalue weighted by molar-refractivity contribution is -0.153. The molecule has 1 rings (SSSR count). The molecule has 1 amide bonds. The van der Waals surface area contributed by atoms with E-state index >= 15 is 0 Å². The Balaban J connectivity index is 2.46. The van der Waals surface area contributed by atoms with Crippen LogP contribution >= 0.6 is 0 Å². The first-order chi connectivity index (χ1) is 9.06. The van der Waals surface area contributed by atoms with Crippen molar-refractivity contribution in [2.75, 3.05) is 13.2 Å². The Hall–Kier alpha value is -1.52. The molecular formula is C14H24N2O3. The van der Waals surface area contributed by atoms with Crippen molar-refractivity contribution in [1.82, 2.24) is 4.90 Å². The summed E-state index contributed by atoms with van der Waals surface area (Å²) >= 11 is 0. The molecule has 0 spiro atoms. The molecule has 19 heavy (non-hydrogen) atoms. The number of rotatable bonds is 7. The highest BCUT2D eigenvalue weighted by Crippen LogP contribution is 2.20. The van der Waals surface area contributed by atoms with Crippen LogP contribution in [0, 0.1) is 0 Å². The molecule has 0 aromatic rings.